The molecule has 0 bridgehead atoms. The maximum atomic E-state index is 12.7. The monoisotopic (exact) mass is 1170 g/mol. The largest absolute Gasteiger partial charge is 0.385 e. The fourth-order valence-corrected chi connectivity index (χ4v) is 17.6. The highest BCUT2D eigenvalue weighted by Crippen LogP contribution is 2.43. The van der Waals surface area contributed by atoms with Crippen LogP contribution in [0.4, 0.5) is 5.13 Å². The third-order valence-corrected chi connectivity index (χ3v) is 23.5. The molecule has 69 heavy (non-hydrogen) atoms. The number of likely N-dealkylation sites (N-methyl/N-ethyl adjacent to an activating group) is 1. The van der Waals surface area contributed by atoms with Crippen LogP contribution in [0.2, 0.25) is 0 Å². The predicted molar refractivity (Wildman–Crippen MR) is 255 cm³/mol. The molecule has 28 nitrogen and oxygen atoms in total. The highest BCUT2D eigenvalue weighted by atomic mass is 32.3. The zero-order chi connectivity index (χ0) is 52.7. The molecule has 38 heteroatoms. The lowest BCUT2D eigenvalue weighted by Gasteiger charge is -2.32. The average molecular weight is 1170 g/mol. The van der Waals surface area contributed by atoms with Gasteiger partial charge in [-0.3, -0.25) is 9.59 Å². The molecule has 2 aliphatic heterocycles. The Kier molecular flexibility index (Phi) is 21.0. The average Bonchev–Trinajstić information content (AvgIpc) is 4.03. The number of anilines is 1. The first-order chi connectivity index (χ1) is 31.6. The maximum Gasteiger partial charge on any atom is 0.267 e. The van der Waals surface area contributed by atoms with Crippen molar-refractivity contribution in [1.82, 2.24) is 34.9 Å². The third-order valence-electron chi connectivity index (χ3n) is 8.81. The molecule has 0 saturated heterocycles. The second-order valence-corrected chi connectivity index (χ2v) is 30.1. The maximum absolute atomic E-state index is 12.7. The minimum atomic E-state index is -3.94. The van der Waals surface area contributed by atoms with Crippen LogP contribution in [0, 0.1) is 0 Å². The summed E-state index contributed by atoms with van der Waals surface area (Å²) in [6.07, 6.45) is 1.00. The van der Waals surface area contributed by atoms with E-state index >= 15 is 0 Å². The van der Waals surface area contributed by atoms with Crippen LogP contribution in [0.25, 0.3) is 0 Å². The first-order valence-electron chi connectivity index (χ1n) is 19.4. The van der Waals surface area contributed by atoms with Crippen LogP contribution >= 0.6 is 45.3 Å². The molecule has 4 aromatic heterocycles. The number of rotatable bonds is 13. The number of hydrogen-bond donors (Lipinski definition) is 7. The van der Waals surface area contributed by atoms with Gasteiger partial charge in [0.15, 0.2) is 9.84 Å². The number of nitrogens with one attached hydrogen (secondary N) is 3. The molecule has 0 aliphatic carbocycles. The number of amides is 2. The number of nitrogens with two attached hydrogens (primary N) is 4. The Morgan fingerprint density at radius 2 is 1.32 bits per heavy atom. The Morgan fingerprint density at radius 1 is 0.797 bits per heavy atom. The first kappa shape index (κ1) is 60.1. The van der Waals surface area contributed by atoms with Gasteiger partial charge in [-0.25, -0.2) is 75.7 Å². The van der Waals surface area contributed by atoms with Gasteiger partial charge in [0.25, 0.3) is 30.1 Å². The van der Waals surface area contributed by atoms with E-state index in [1.165, 1.54) is 42.0 Å². The summed E-state index contributed by atoms with van der Waals surface area (Å²) in [7, 11) is -19.6. The Balaban J connectivity index is 0.000000250. The standard InChI is InChI=1S/C12H21N3O5S3.C10H16N2O4S3.C5H8N4O3S2.C4H6N4O3S2/c1-3-14-10-8-15(5-4-6-20-2)23(18,19)12-9(10)7-11(21-12)22(13,16)17;1-3-12-8-4-6(2)18(13,14)10-7(8)5-9(17-10)19(11,15)16;1-3(10)7-4-9(2)8-5(13-4)14(6,11)12;1-2(9)6-3-7-8-4(12-3)13(5,10)11/h7,10,14H,3-6,8H2,1-2H3,(H2,13,16,17);5-6,8,12H,3-4H2,1-2H3,(H2,11,15,16);1-2H3,(H2,6,11,12);1H3,(H2,5,10,11)(H,6,7,9)/t10-;6-,8-;;/m00../s1. The van der Waals surface area contributed by atoms with Crippen molar-refractivity contribution in [2.45, 2.75) is 90.3 Å². The van der Waals surface area contributed by atoms with Gasteiger partial charge in [-0.15, -0.1) is 38.0 Å². The van der Waals surface area contributed by atoms with E-state index in [-0.39, 0.29) is 60.0 Å². The van der Waals surface area contributed by atoms with Gasteiger partial charge in [-0.05, 0) is 45.0 Å². The summed E-state index contributed by atoms with van der Waals surface area (Å²) < 4.78 is 146. The summed E-state index contributed by atoms with van der Waals surface area (Å²) >= 11 is 2.90. The molecule has 6 rings (SSSR count). The zero-order valence-electron chi connectivity index (χ0n) is 37.5. The van der Waals surface area contributed by atoms with Crippen LogP contribution in [0.5, 0.6) is 0 Å². The van der Waals surface area contributed by atoms with Crippen molar-refractivity contribution in [2.24, 2.45) is 32.6 Å². The summed E-state index contributed by atoms with van der Waals surface area (Å²) in [5.74, 6) is -0.776. The van der Waals surface area contributed by atoms with E-state index in [4.69, 9.17) is 25.3 Å². The molecule has 0 radical (unpaired) electrons. The van der Waals surface area contributed by atoms with Crippen LogP contribution in [-0.2, 0) is 81.3 Å². The summed E-state index contributed by atoms with van der Waals surface area (Å²) in [6.45, 7) is 10.3. The summed E-state index contributed by atoms with van der Waals surface area (Å²) in [5.41, 5.74) is 0.998. The number of sulfonamides is 5. The predicted octanol–water partition coefficient (Wildman–Crippen LogP) is -1.58. The SMILES string of the molecule is CC(=O)N=c1sc(S(N)(=O)=O)nn1C.CC(=O)Nc1nnc(S(N)(=O)=O)s1.CCN[C@H]1CN(CCCOC)S(=O)(=O)c2sc(S(N)(=O)=O)cc21.CCN[C@H]1C[C@H](C)S(=O)(=O)c2sc(S(N)(=O)=O)cc21. The van der Waals surface area contributed by atoms with E-state index in [0.29, 0.717) is 72.9 Å². The van der Waals surface area contributed by atoms with Crippen molar-refractivity contribution in [3.63, 3.8) is 0 Å². The van der Waals surface area contributed by atoms with Gasteiger partial charge in [0.2, 0.25) is 50.5 Å². The van der Waals surface area contributed by atoms with Crippen LogP contribution < -0.4 is 41.3 Å². The van der Waals surface area contributed by atoms with Crippen molar-refractivity contribution in [2.75, 3.05) is 45.2 Å². The van der Waals surface area contributed by atoms with E-state index in [1.807, 2.05) is 13.8 Å². The first-order valence-corrected chi connectivity index (χ1v) is 31.8. The van der Waals surface area contributed by atoms with Crippen LogP contribution in [0.3, 0.4) is 0 Å². The fourth-order valence-electron chi connectivity index (χ4n) is 5.86. The number of primary sulfonamides is 4. The Bertz CT molecular complexity index is 3250. The zero-order valence-corrected chi connectivity index (χ0v) is 45.7. The Labute approximate surface area is 415 Å². The molecule has 0 unspecified atom stereocenters. The molecule has 2 aliphatic rings. The van der Waals surface area contributed by atoms with Crippen molar-refractivity contribution in [1.29, 1.82) is 0 Å². The summed E-state index contributed by atoms with van der Waals surface area (Å²) in [5, 5.41) is 38.4. The van der Waals surface area contributed by atoms with Crippen molar-refractivity contribution >= 4 is 122 Å². The number of methoxy groups -OCH3 is 1. The highest BCUT2D eigenvalue weighted by molar-refractivity contribution is 7.96. The number of carbonyl (C=O) groups excluding carboxylic acids is 2. The number of thiophene rings is 2. The number of carbonyl (C=O) groups is 2. The number of aromatic nitrogens is 4. The lowest BCUT2D eigenvalue weighted by Crippen LogP contribution is -2.43. The molecule has 0 spiro atoms. The van der Waals surface area contributed by atoms with Gasteiger partial charge >= 0.3 is 0 Å². The summed E-state index contributed by atoms with van der Waals surface area (Å²) in [6, 6.07) is 2.34. The van der Waals surface area contributed by atoms with Crippen LogP contribution in [0.1, 0.15) is 70.7 Å². The smallest absolute Gasteiger partial charge is 0.267 e. The molecule has 6 heterocycles. The van der Waals surface area contributed by atoms with Gasteiger partial charge in [-0.1, -0.05) is 36.5 Å². The minimum absolute atomic E-state index is 0.0520. The quantitative estimate of drug-likeness (QED) is 0.0587. The number of aryl methyl sites for hydroxylation is 1. The van der Waals surface area contributed by atoms with Crippen LogP contribution in [-0.4, -0.2) is 132 Å². The van der Waals surface area contributed by atoms with E-state index in [9.17, 15) is 60.1 Å². The number of ether oxygens (including phenoxy) is 1. The molecular weight excluding hydrogens is 1120 g/mol. The molecular formula is C31H51N13O15S10. The topological polar surface area (TPSA) is 448 Å². The van der Waals surface area contributed by atoms with Crippen LogP contribution in [0.15, 0.2) is 42.6 Å². The van der Waals surface area contributed by atoms with Gasteiger partial charge in [0.05, 0.1) is 5.25 Å². The minimum Gasteiger partial charge on any atom is -0.385 e. The van der Waals surface area contributed by atoms with E-state index < -0.39 is 71.1 Å². The Morgan fingerprint density at radius 3 is 1.77 bits per heavy atom. The van der Waals surface area contributed by atoms with Gasteiger partial charge in [0.1, 0.15) is 16.8 Å². The molecule has 2 amide bonds. The van der Waals surface area contributed by atoms with Crippen molar-refractivity contribution in [3.8, 4) is 0 Å². The molecule has 3 atom stereocenters. The second kappa shape index (κ2) is 24.0. The molecule has 0 saturated carbocycles. The molecule has 0 aromatic carbocycles. The number of hydrogen-bond acceptors (Lipinski definition) is 24. The van der Waals surface area contributed by atoms with E-state index in [1.54, 1.807) is 14.0 Å². The fraction of sp³-hybridized carbons (Fsp3) is 0.548. The molecule has 11 N–H and O–H groups in total. The van der Waals surface area contributed by atoms with Gasteiger partial charge < -0.3 is 20.7 Å². The molecule has 390 valence electrons. The number of sulfone groups is 1. The molecule has 0 fully saturated rings. The summed E-state index contributed by atoms with van der Waals surface area (Å²) in [4.78, 5) is 24.9. The Hall–Kier alpha value is -3.16. The van der Waals surface area contributed by atoms with E-state index in [2.05, 4.69) is 36.2 Å². The van der Waals surface area contributed by atoms with Crippen molar-refractivity contribution < 1.29 is 64.8 Å². The third kappa shape index (κ3) is 16.4. The lowest BCUT2D eigenvalue weighted by molar-refractivity contribution is -0.116. The van der Waals surface area contributed by atoms with Crippen molar-refractivity contribution in [3.05, 3.63) is 28.1 Å². The van der Waals surface area contributed by atoms with Gasteiger partial charge in [0, 0.05) is 70.9 Å². The normalized spacial score (nSPS) is 19.1. The molecule has 4 aromatic rings. The second-order valence-electron chi connectivity index (χ2n) is 14.3. The highest BCUT2D eigenvalue weighted by Gasteiger charge is 2.40. The number of nitrogens with zero attached hydrogens (tertiary/aromatic N) is 6. The lowest BCUT2D eigenvalue weighted by atomic mass is 10.1. The van der Waals surface area contributed by atoms with Gasteiger partial charge in [-0.2, -0.15) is 9.30 Å². The number of fused-ring (bicyclic) bond motifs is 2. The van der Waals surface area contributed by atoms with E-state index in [0.717, 1.165) is 22.7 Å².